The van der Waals surface area contributed by atoms with Crippen LogP contribution in [0.3, 0.4) is 0 Å². The maximum Gasteiger partial charge on any atom is 0.315 e. The molecule has 1 aromatic rings. The first-order valence-electron chi connectivity index (χ1n) is 6.99. The molecule has 0 bridgehead atoms. The minimum atomic E-state index is -0.435. The molecule has 21 heavy (non-hydrogen) atoms. The topological polar surface area (TPSA) is 70.6 Å². The molecule has 0 aliphatic rings. The maximum absolute atomic E-state index is 13.3. The fraction of sp³-hybridized carbons (Fsp3) is 0.533. The Morgan fingerprint density at radius 1 is 1.38 bits per heavy atom. The zero-order valence-corrected chi connectivity index (χ0v) is 12.6. The highest BCUT2D eigenvalue weighted by atomic mass is 19.1. The van der Waals surface area contributed by atoms with Gasteiger partial charge in [-0.15, -0.1) is 0 Å². The van der Waals surface area contributed by atoms with Crippen molar-refractivity contribution in [2.45, 2.75) is 38.8 Å². The van der Waals surface area contributed by atoms with E-state index in [1.165, 1.54) is 13.2 Å². The van der Waals surface area contributed by atoms with Crippen LogP contribution in [0.1, 0.15) is 38.3 Å². The molecular formula is C15H23FN2O3. The van der Waals surface area contributed by atoms with E-state index in [-0.39, 0.29) is 30.5 Å². The van der Waals surface area contributed by atoms with Crippen molar-refractivity contribution in [2.75, 3.05) is 13.7 Å². The Balaban J connectivity index is 2.56. The van der Waals surface area contributed by atoms with Crippen LogP contribution >= 0.6 is 0 Å². The van der Waals surface area contributed by atoms with E-state index in [9.17, 15) is 9.18 Å². The van der Waals surface area contributed by atoms with Gasteiger partial charge in [-0.3, -0.25) is 0 Å². The number of nitrogens with one attached hydrogen (secondary N) is 2. The highest BCUT2D eigenvalue weighted by molar-refractivity contribution is 5.74. The quantitative estimate of drug-likeness (QED) is 0.723. The number of ether oxygens (including phenoxy) is 1. The van der Waals surface area contributed by atoms with Crippen LogP contribution < -0.4 is 15.4 Å². The molecular weight excluding hydrogens is 275 g/mol. The number of rotatable bonds is 7. The van der Waals surface area contributed by atoms with Crippen molar-refractivity contribution in [1.82, 2.24) is 10.6 Å². The van der Waals surface area contributed by atoms with Crippen molar-refractivity contribution >= 4 is 6.03 Å². The van der Waals surface area contributed by atoms with Gasteiger partial charge in [0.1, 0.15) is 0 Å². The van der Waals surface area contributed by atoms with Gasteiger partial charge >= 0.3 is 6.03 Å². The number of methoxy groups -OCH3 is 1. The van der Waals surface area contributed by atoms with Crippen LogP contribution in [0, 0.1) is 5.82 Å². The number of carbonyl (C=O) groups excluding carboxylic acids is 1. The number of aliphatic hydroxyl groups excluding tert-OH is 1. The van der Waals surface area contributed by atoms with Crippen LogP contribution in [0.25, 0.3) is 0 Å². The van der Waals surface area contributed by atoms with Gasteiger partial charge in [0.05, 0.1) is 13.2 Å². The molecule has 0 aromatic heterocycles. The van der Waals surface area contributed by atoms with Gasteiger partial charge in [-0.1, -0.05) is 6.07 Å². The molecule has 1 rings (SSSR count). The van der Waals surface area contributed by atoms with E-state index in [0.29, 0.717) is 12.8 Å². The molecule has 2 atom stereocenters. The summed E-state index contributed by atoms with van der Waals surface area (Å²) in [5.41, 5.74) is 0.756. The third-order valence-corrected chi connectivity index (χ3v) is 3.20. The van der Waals surface area contributed by atoms with E-state index < -0.39 is 5.82 Å². The second-order valence-electron chi connectivity index (χ2n) is 5.00. The monoisotopic (exact) mass is 298 g/mol. The molecule has 0 fully saturated rings. The summed E-state index contributed by atoms with van der Waals surface area (Å²) in [5.74, 6) is -0.284. The molecule has 0 aliphatic heterocycles. The minimum Gasteiger partial charge on any atom is -0.494 e. The Labute approximate surface area is 124 Å². The average Bonchev–Trinajstić information content (AvgIpc) is 2.45. The van der Waals surface area contributed by atoms with Crippen molar-refractivity contribution in [3.05, 3.63) is 29.6 Å². The Hall–Kier alpha value is -1.82. The van der Waals surface area contributed by atoms with E-state index in [2.05, 4.69) is 10.6 Å². The smallest absolute Gasteiger partial charge is 0.315 e. The Morgan fingerprint density at radius 3 is 2.71 bits per heavy atom. The van der Waals surface area contributed by atoms with Crippen molar-refractivity contribution < 1.29 is 19.0 Å². The molecule has 0 spiro atoms. The predicted molar refractivity (Wildman–Crippen MR) is 78.8 cm³/mol. The summed E-state index contributed by atoms with van der Waals surface area (Å²) >= 11 is 0. The Kier molecular flexibility index (Phi) is 6.94. The molecule has 0 radical (unpaired) electrons. The first kappa shape index (κ1) is 17.2. The van der Waals surface area contributed by atoms with Gasteiger partial charge in [-0.25, -0.2) is 9.18 Å². The SMILES string of the molecule is COc1cc(C(C)NC(=O)NC(C)CCCO)ccc1F. The summed E-state index contributed by atoms with van der Waals surface area (Å²) in [6, 6.07) is 3.90. The standard InChI is InChI=1S/C15H23FN2O3/c1-10(5-4-8-19)17-15(20)18-11(2)12-6-7-13(16)14(9-12)21-3/h6-7,9-11,19H,4-5,8H2,1-3H3,(H2,17,18,20). The lowest BCUT2D eigenvalue weighted by atomic mass is 10.1. The van der Waals surface area contributed by atoms with Gasteiger partial charge in [-0.2, -0.15) is 0 Å². The first-order valence-corrected chi connectivity index (χ1v) is 6.99. The number of amides is 2. The second-order valence-corrected chi connectivity index (χ2v) is 5.00. The normalized spacial score (nSPS) is 13.4. The molecule has 2 amide bonds. The van der Waals surface area contributed by atoms with Gasteiger partial charge in [-0.05, 0) is 44.4 Å². The van der Waals surface area contributed by atoms with Crippen LogP contribution in [0.4, 0.5) is 9.18 Å². The van der Waals surface area contributed by atoms with E-state index in [0.717, 1.165) is 5.56 Å². The lowest BCUT2D eigenvalue weighted by Gasteiger charge is -2.19. The molecule has 0 heterocycles. The molecule has 5 nitrogen and oxygen atoms in total. The van der Waals surface area contributed by atoms with Gasteiger partial charge < -0.3 is 20.5 Å². The number of carbonyl (C=O) groups is 1. The van der Waals surface area contributed by atoms with E-state index in [1.807, 2.05) is 13.8 Å². The predicted octanol–water partition coefficient (Wildman–Crippen LogP) is 2.36. The van der Waals surface area contributed by atoms with Crippen molar-refractivity contribution in [2.24, 2.45) is 0 Å². The zero-order valence-electron chi connectivity index (χ0n) is 12.6. The fourth-order valence-corrected chi connectivity index (χ4v) is 1.96. The summed E-state index contributed by atoms with van der Waals surface area (Å²) in [7, 11) is 1.40. The summed E-state index contributed by atoms with van der Waals surface area (Å²) < 4.78 is 18.3. The average molecular weight is 298 g/mol. The van der Waals surface area contributed by atoms with Gasteiger partial charge in [0.2, 0.25) is 0 Å². The van der Waals surface area contributed by atoms with Crippen LogP contribution in [0.5, 0.6) is 5.75 Å². The summed E-state index contributed by atoms with van der Waals surface area (Å²) in [6.45, 7) is 3.80. The highest BCUT2D eigenvalue weighted by Crippen LogP contribution is 2.22. The van der Waals surface area contributed by atoms with Crippen LogP contribution in [-0.2, 0) is 0 Å². The summed E-state index contributed by atoms with van der Waals surface area (Å²) in [4.78, 5) is 11.8. The van der Waals surface area contributed by atoms with Crippen LogP contribution in [0.2, 0.25) is 0 Å². The molecule has 0 saturated heterocycles. The van der Waals surface area contributed by atoms with E-state index in [1.54, 1.807) is 12.1 Å². The number of hydrogen-bond donors (Lipinski definition) is 3. The third-order valence-electron chi connectivity index (χ3n) is 3.20. The first-order chi connectivity index (χ1) is 9.97. The number of halogens is 1. The number of aliphatic hydroxyl groups is 1. The number of benzene rings is 1. The second kappa shape index (κ2) is 8.46. The number of hydrogen-bond acceptors (Lipinski definition) is 3. The molecule has 1 aromatic carbocycles. The van der Waals surface area contributed by atoms with Crippen molar-refractivity contribution in [3.8, 4) is 5.75 Å². The molecule has 3 N–H and O–H groups in total. The van der Waals surface area contributed by atoms with E-state index >= 15 is 0 Å². The Morgan fingerprint density at radius 2 is 2.10 bits per heavy atom. The van der Waals surface area contributed by atoms with Crippen molar-refractivity contribution in [1.29, 1.82) is 0 Å². The third kappa shape index (κ3) is 5.59. The Bertz CT molecular complexity index is 468. The zero-order chi connectivity index (χ0) is 15.8. The molecule has 0 aliphatic carbocycles. The van der Waals surface area contributed by atoms with Gasteiger partial charge in [0.25, 0.3) is 0 Å². The van der Waals surface area contributed by atoms with Gasteiger partial charge in [0.15, 0.2) is 11.6 Å². The van der Waals surface area contributed by atoms with Crippen LogP contribution in [0.15, 0.2) is 18.2 Å². The van der Waals surface area contributed by atoms with Crippen LogP contribution in [-0.4, -0.2) is 30.9 Å². The lowest BCUT2D eigenvalue weighted by molar-refractivity contribution is 0.231. The number of urea groups is 1. The summed E-state index contributed by atoms with van der Waals surface area (Å²) in [5, 5.41) is 14.3. The van der Waals surface area contributed by atoms with Crippen molar-refractivity contribution in [3.63, 3.8) is 0 Å². The molecule has 118 valence electrons. The molecule has 6 heteroatoms. The lowest BCUT2D eigenvalue weighted by Crippen LogP contribution is -2.41. The van der Waals surface area contributed by atoms with E-state index in [4.69, 9.17) is 9.84 Å². The minimum absolute atomic E-state index is 0.0212. The highest BCUT2D eigenvalue weighted by Gasteiger charge is 2.13. The summed E-state index contributed by atoms with van der Waals surface area (Å²) in [6.07, 6.45) is 1.36. The van der Waals surface area contributed by atoms with Gasteiger partial charge in [0, 0.05) is 12.6 Å². The molecule has 0 saturated carbocycles. The maximum atomic E-state index is 13.3. The fourth-order valence-electron chi connectivity index (χ4n) is 1.96. The largest absolute Gasteiger partial charge is 0.494 e. The molecule has 2 unspecified atom stereocenters.